The molecular formula is C10H13F3N2O3S2. The Kier molecular flexibility index (Phi) is 4.82. The Balaban J connectivity index is 2.90. The molecule has 0 unspecified atom stereocenters. The number of halogens is 3. The molecule has 1 rings (SSSR count). The van der Waals surface area contributed by atoms with Crippen LogP contribution >= 0.6 is 11.3 Å². The zero-order valence-electron chi connectivity index (χ0n) is 10.7. The summed E-state index contributed by atoms with van der Waals surface area (Å²) in [5.41, 5.74) is 0.364. The number of carbonyl (C=O) groups is 1. The zero-order valence-corrected chi connectivity index (χ0v) is 12.3. The molecule has 1 amide bonds. The van der Waals surface area contributed by atoms with Crippen molar-refractivity contribution in [1.82, 2.24) is 4.90 Å². The van der Waals surface area contributed by atoms with Gasteiger partial charge in [0.1, 0.15) is 4.21 Å². The number of amides is 1. The van der Waals surface area contributed by atoms with Gasteiger partial charge in [0, 0.05) is 13.6 Å². The first-order valence-corrected chi connectivity index (χ1v) is 7.73. The van der Waals surface area contributed by atoms with E-state index in [-0.39, 0.29) is 9.09 Å². The van der Waals surface area contributed by atoms with E-state index in [0.717, 1.165) is 4.90 Å². The number of hydrogen-bond acceptors (Lipinski definition) is 4. The summed E-state index contributed by atoms with van der Waals surface area (Å²) in [4.78, 5) is 12.9. The Morgan fingerprint density at radius 3 is 2.40 bits per heavy atom. The van der Waals surface area contributed by atoms with E-state index in [9.17, 15) is 26.4 Å². The minimum Gasteiger partial charge on any atom is -0.341 e. The molecule has 2 N–H and O–H groups in total. The molecule has 0 aliphatic heterocycles. The highest BCUT2D eigenvalue weighted by Gasteiger charge is 2.29. The number of primary sulfonamides is 1. The second-order valence-electron chi connectivity index (χ2n) is 4.21. The first-order chi connectivity index (χ1) is 8.92. The molecular weight excluding hydrogens is 317 g/mol. The Labute approximate surface area is 118 Å². The van der Waals surface area contributed by atoms with Gasteiger partial charge in [0.25, 0.3) is 5.91 Å². The summed E-state index contributed by atoms with van der Waals surface area (Å²) in [7, 11) is -2.71. The molecule has 0 fully saturated rings. The summed E-state index contributed by atoms with van der Waals surface area (Å²) >= 11 is 0.651. The van der Waals surface area contributed by atoms with Gasteiger partial charge >= 0.3 is 6.18 Å². The maximum absolute atomic E-state index is 12.1. The van der Waals surface area contributed by atoms with E-state index >= 15 is 0 Å². The topological polar surface area (TPSA) is 80.5 Å². The van der Waals surface area contributed by atoms with Crippen molar-refractivity contribution in [1.29, 1.82) is 0 Å². The van der Waals surface area contributed by atoms with Crippen LogP contribution in [0.2, 0.25) is 0 Å². The van der Waals surface area contributed by atoms with Crippen molar-refractivity contribution >= 4 is 27.3 Å². The number of aryl methyl sites for hydroxylation is 1. The van der Waals surface area contributed by atoms with Gasteiger partial charge in [-0.25, -0.2) is 13.6 Å². The van der Waals surface area contributed by atoms with E-state index in [1.54, 1.807) is 0 Å². The number of rotatable bonds is 4. The van der Waals surface area contributed by atoms with Gasteiger partial charge in [0.2, 0.25) is 10.0 Å². The third-order valence-corrected chi connectivity index (χ3v) is 5.09. The number of carbonyl (C=O) groups excluding carboxylic acids is 1. The molecule has 0 saturated carbocycles. The van der Waals surface area contributed by atoms with Crippen molar-refractivity contribution < 1.29 is 26.4 Å². The summed E-state index contributed by atoms with van der Waals surface area (Å²) in [5.74, 6) is -0.661. The lowest BCUT2D eigenvalue weighted by Gasteiger charge is -2.17. The van der Waals surface area contributed by atoms with Crippen LogP contribution in [-0.4, -0.2) is 39.0 Å². The summed E-state index contributed by atoms with van der Waals surface area (Å²) in [6.45, 7) is 1.00. The van der Waals surface area contributed by atoms with E-state index in [0.29, 0.717) is 16.9 Å². The van der Waals surface area contributed by atoms with Crippen LogP contribution in [-0.2, 0) is 10.0 Å². The fourth-order valence-electron chi connectivity index (χ4n) is 1.37. The van der Waals surface area contributed by atoms with Crippen LogP contribution in [0.15, 0.2) is 10.3 Å². The Morgan fingerprint density at radius 2 is 2.00 bits per heavy atom. The fraction of sp³-hybridized carbons (Fsp3) is 0.500. The smallest absolute Gasteiger partial charge is 0.341 e. The lowest BCUT2D eigenvalue weighted by atomic mass is 10.2. The van der Waals surface area contributed by atoms with E-state index in [2.05, 4.69) is 0 Å². The molecule has 5 nitrogen and oxygen atoms in total. The maximum atomic E-state index is 12.1. The van der Waals surface area contributed by atoms with Gasteiger partial charge < -0.3 is 4.90 Å². The molecule has 0 bridgehead atoms. The first-order valence-electron chi connectivity index (χ1n) is 5.37. The molecule has 10 heteroatoms. The number of sulfonamides is 1. The van der Waals surface area contributed by atoms with Gasteiger partial charge in [-0.1, -0.05) is 0 Å². The van der Waals surface area contributed by atoms with Crippen molar-refractivity contribution in [3.63, 3.8) is 0 Å². The summed E-state index contributed by atoms with van der Waals surface area (Å²) < 4.78 is 58.4. The molecule has 0 radical (unpaired) electrons. The van der Waals surface area contributed by atoms with Gasteiger partial charge in [0.05, 0.1) is 11.3 Å². The van der Waals surface area contributed by atoms with Crippen molar-refractivity contribution in [3.05, 3.63) is 16.5 Å². The Hall–Kier alpha value is -1.13. The highest BCUT2D eigenvalue weighted by Crippen LogP contribution is 2.27. The Morgan fingerprint density at radius 1 is 1.45 bits per heavy atom. The summed E-state index contributed by atoms with van der Waals surface area (Å²) in [6, 6.07) is 1.23. The predicted octanol–water partition coefficient (Wildman–Crippen LogP) is 1.73. The normalized spacial score (nSPS) is 12.5. The second kappa shape index (κ2) is 5.70. The predicted molar refractivity (Wildman–Crippen MR) is 68.1 cm³/mol. The maximum Gasteiger partial charge on any atom is 0.390 e. The zero-order chi connectivity index (χ0) is 15.7. The van der Waals surface area contributed by atoms with E-state index in [1.807, 2.05) is 0 Å². The molecule has 0 aromatic carbocycles. The average Bonchev–Trinajstić information content (AvgIpc) is 2.66. The van der Waals surface area contributed by atoms with E-state index < -0.39 is 35.1 Å². The molecule has 0 atom stereocenters. The second-order valence-corrected chi connectivity index (χ2v) is 7.05. The first kappa shape index (κ1) is 16.9. The number of thiophene rings is 1. The highest BCUT2D eigenvalue weighted by molar-refractivity contribution is 7.91. The van der Waals surface area contributed by atoms with E-state index in [1.165, 1.54) is 20.0 Å². The lowest BCUT2D eigenvalue weighted by Crippen LogP contribution is -2.30. The van der Waals surface area contributed by atoms with Gasteiger partial charge in [-0.2, -0.15) is 13.2 Å². The van der Waals surface area contributed by atoms with Crippen molar-refractivity contribution in [2.24, 2.45) is 5.14 Å². The molecule has 114 valence electrons. The minimum atomic E-state index is -4.36. The molecule has 0 spiro atoms. The average molecular weight is 330 g/mol. The van der Waals surface area contributed by atoms with Crippen LogP contribution in [0.4, 0.5) is 13.2 Å². The summed E-state index contributed by atoms with van der Waals surface area (Å²) in [5, 5.41) is 4.94. The van der Waals surface area contributed by atoms with Gasteiger partial charge in [-0.05, 0) is 18.6 Å². The van der Waals surface area contributed by atoms with Gasteiger partial charge in [-0.15, -0.1) is 11.3 Å². The fourth-order valence-corrected chi connectivity index (χ4v) is 3.33. The molecule has 20 heavy (non-hydrogen) atoms. The number of nitrogens with two attached hydrogens (primary N) is 1. The molecule has 0 aliphatic rings. The summed E-state index contributed by atoms with van der Waals surface area (Å²) in [6.07, 6.45) is -5.48. The van der Waals surface area contributed by atoms with Gasteiger partial charge in [-0.3, -0.25) is 4.79 Å². The van der Waals surface area contributed by atoms with E-state index in [4.69, 9.17) is 5.14 Å². The van der Waals surface area contributed by atoms with Gasteiger partial charge in [0.15, 0.2) is 0 Å². The largest absolute Gasteiger partial charge is 0.390 e. The van der Waals surface area contributed by atoms with Crippen LogP contribution < -0.4 is 5.14 Å². The molecule has 1 aromatic rings. The third kappa shape index (κ3) is 4.46. The molecule has 0 aliphatic carbocycles. The number of hydrogen-bond donors (Lipinski definition) is 1. The van der Waals surface area contributed by atoms with Crippen molar-refractivity contribution in [2.75, 3.05) is 13.6 Å². The molecule has 1 aromatic heterocycles. The van der Waals surface area contributed by atoms with Crippen LogP contribution in [0.5, 0.6) is 0 Å². The minimum absolute atomic E-state index is 0.0682. The van der Waals surface area contributed by atoms with Crippen LogP contribution in [0, 0.1) is 6.92 Å². The molecule has 0 saturated heterocycles. The van der Waals surface area contributed by atoms with Crippen LogP contribution in [0.25, 0.3) is 0 Å². The van der Waals surface area contributed by atoms with Crippen molar-refractivity contribution in [2.45, 2.75) is 23.7 Å². The van der Waals surface area contributed by atoms with Crippen molar-refractivity contribution in [3.8, 4) is 0 Å². The monoisotopic (exact) mass is 330 g/mol. The number of nitrogens with zero attached hydrogens (tertiary/aromatic N) is 1. The SMILES string of the molecule is Cc1cc(S(N)(=O)=O)sc1C(=O)N(C)CCC(F)(F)F. The quantitative estimate of drug-likeness (QED) is 0.913. The standard InChI is InChI=1S/C10H13F3N2O3S2/c1-6-5-7(20(14,17)18)19-8(6)9(16)15(2)4-3-10(11,12)13/h5H,3-4H2,1-2H3,(H2,14,17,18). The third-order valence-electron chi connectivity index (χ3n) is 2.45. The highest BCUT2D eigenvalue weighted by atomic mass is 32.2. The molecule has 1 heterocycles. The van der Waals surface area contributed by atoms with Crippen LogP contribution in [0.1, 0.15) is 21.7 Å². The number of alkyl halides is 3. The lowest BCUT2D eigenvalue weighted by molar-refractivity contribution is -0.136. The Bertz CT molecular complexity index is 608. The van der Waals surface area contributed by atoms with Crippen LogP contribution in [0.3, 0.4) is 0 Å².